The van der Waals surface area contributed by atoms with Crippen molar-refractivity contribution < 1.29 is 8.42 Å². The van der Waals surface area contributed by atoms with E-state index >= 15 is 0 Å². The Morgan fingerprint density at radius 1 is 1.44 bits per heavy atom. The highest BCUT2D eigenvalue weighted by Crippen LogP contribution is 2.18. The Kier molecular flexibility index (Phi) is 4.46. The number of rotatable bonds is 4. The van der Waals surface area contributed by atoms with E-state index in [0.29, 0.717) is 16.9 Å². The predicted octanol–water partition coefficient (Wildman–Crippen LogP) is 2.12. The molecule has 0 spiro atoms. The molecule has 0 N–H and O–H groups in total. The molecule has 0 atom stereocenters. The van der Waals surface area contributed by atoms with Crippen LogP contribution in [0.3, 0.4) is 0 Å². The molecule has 90 valence electrons. The molecule has 0 saturated heterocycles. The number of hydrogen-bond acceptors (Lipinski definition) is 3. The van der Waals surface area contributed by atoms with Gasteiger partial charge < -0.3 is 0 Å². The highest BCUT2D eigenvalue weighted by Gasteiger charge is 2.21. The van der Waals surface area contributed by atoms with Gasteiger partial charge in [0.05, 0.1) is 0 Å². The van der Waals surface area contributed by atoms with Gasteiger partial charge in [-0.3, -0.25) is 4.98 Å². The first-order chi connectivity index (χ1) is 7.34. The zero-order valence-corrected chi connectivity index (χ0v) is 11.9. The van der Waals surface area contributed by atoms with Crippen LogP contribution in [0.25, 0.3) is 0 Å². The van der Waals surface area contributed by atoms with E-state index < -0.39 is 10.0 Å². The van der Waals surface area contributed by atoms with Crippen LogP contribution in [0.4, 0.5) is 0 Å². The summed E-state index contributed by atoms with van der Waals surface area (Å²) in [7, 11) is -1.84. The molecule has 6 heteroatoms. The van der Waals surface area contributed by atoms with Gasteiger partial charge in [0.15, 0.2) is 0 Å². The van der Waals surface area contributed by atoms with Crippen LogP contribution in [0, 0.1) is 5.92 Å². The summed E-state index contributed by atoms with van der Waals surface area (Å²) in [6.45, 7) is 4.45. The summed E-state index contributed by atoms with van der Waals surface area (Å²) in [5, 5.41) is 0. The van der Waals surface area contributed by atoms with E-state index in [2.05, 4.69) is 20.9 Å². The first kappa shape index (κ1) is 13.6. The Morgan fingerprint density at radius 2 is 2.06 bits per heavy atom. The molecular weight excluding hydrogens is 292 g/mol. The van der Waals surface area contributed by atoms with Crippen LogP contribution in [0.15, 0.2) is 27.8 Å². The third-order valence-corrected chi connectivity index (χ3v) is 4.23. The quantitative estimate of drug-likeness (QED) is 0.856. The van der Waals surface area contributed by atoms with Crippen molar-refractivity contribution in [2.24, 2.45) is 5.92 Å². The van der Waals surface area contributed by atoms with Gasteiger partial charge in [-0.05, 0) is 27.9 Å². The van der Waals surface area contributed by atoms with Gasteiger partial charge in [0, 0.05) is 30.5 Å². The zero-order chi connectivity index (χ0) is 12.3. The molecule has 16 heavy (non-hydrogen) atoms. The lowest BCUT2D eigenvalue weighted by molar-refractivity contribution is 0.417. The SMILES string of the molecule is CC(C)CN(C)S(=O)(=O)c1cncc(Br)c1. The van der Waals surface area contributed by atoms with Crippen molar-refractivity contribution in [2.75, 3.05) is 13.6 Å². The van der Waals surface area contributed by atoms with Crippen LogP contribution in [-0.4, -0.2) is 31.3 Å². The molecule has 0 aliphatic rings. The van der Waals surface area contributed by atoms with Crippen molar-refractivity contribution in [3.8, 4) is 0 Å². The lowest BCUT2D eigenvalue weighted by Crippen LogP contribution is -2.30. The second-order valence-corrected chi connectivity index (χ2v) is 6.98. The summed E-state index contributed by atoms with van der Waals surface area (Å²) in [5.74, 6) is 0.292. The highest BCUT2D eigenvalue weighted by atomic mass is 79.9. The monoisotopic (exact) mass is 306 g/mol. The molecule has 0 saturated carbocycles. The number of aromatic nitrogens is 1. The molecule has 0 bridgehead atoms. The molecule has 0 aliphatic heterocycles. The minimum Gasteiger partial charge on any atom is -0.262 e. The Labute approximate surface area is 105 Å². The predicted molar refractivity (Wildman–Crippen MR) is 66.6 cm³/mol. The molecule has 0 radical (unpaired) electrons. The zero-order valence-electron chi connectivity index (χ0n) is 9.51. The summed E-state index contributed by atoms with van der Waals surface area (Å²) in [4.78, 5) is 4.07. The molecule has 0 aromatic carbocycles. The molecule has 1 aromatic rings. The Hall–Kier alpha value is -0.460. The van der Waals surface area contributed by atoms with Gasteiger partial charge in [0.1, 0.15) is 4.90 Å². The van der Waals surface area contributed by atoms with Crippen molar-refractivity contribution in [1.29, 1.82) is 0 Å². The average molecular weight is 307 g/mol. The summed E-state index contributed by atoms with van der Waals surface area (Å²) < 4.78 is 26.2. The van der Waals surface area contributed by atoms with Crippen LogP contribution in [-0.2, 0) is 10.0 Å². The summed E-state index contributed by atoms with van der Waals surface area (Å²) in [6, 6.07) is 1.55. The lowest BCUT2D eigenvalue weighted by Gasteiger charge is -2.18. The van der Waals surface area contributed by atoms with E-state index in [4.69, 9.17) is 0 Å². The molecular formula is C10H15BrN2O2S. The first-order valence-electron chi connectivity index (χ1n) is 4.91. The maximum atomic E-state index is 12.1. The van der Waals surface area contributed by atoms with Crippen LogP contribution < -0.4 is 0 Å². The van der Waals surface area contributed by atoms with E-state index in [9.17, 15) is 8.42 Å². The third-order valence-electron chi connectivity index (χ3n) is 2.01. The van der Waals surface area contributed by atoms with E-state index in [1.807, 2.05) is 13.8 Å². The number of halogens is 1. The lowest BCUT2D eigenvalue weighted by atomic mass is 10.2. The average Bonchev–Trinajstić information content (AvgIpc) is 2.16. The van der Waals surface area contributed by atoms with E-state index in [1.165, 1.54) is 10.5 Å². The molecule has 0 unspecified atom stereocenters. The number of pyridine rings is 1. The molecule has 0 aliphatic carbocycles. The van der Waals surface area contributed by atoms with E-state index in [-0.39, 0.29) is 4.90 Å². The van der Waals surface area contributed by atoms with Gasteiger partial charge in [0.25, 0.3) is 0 Å². The number of hydrogen-bond donors (Lipinski definition) is 0. The van der Waals surface area contributed by atoms with Gasteiger partial charge in [-0.2, -0.15) is 0 Å². The topological polar surface area (TPSA) is 50.3 Å². The molecule has 0 amide bonds. The normalized spacial score (nSPS) is 12.4. The highest BCUT2D eigenvalue weighted by molar-refractivity contribution is 9.10. The Balaban J connectivity index is 3.02. The minimum absolute atomic E-state index is 0.213. The Morgan fingerprint density at radius 3 is 2.56 bits per heavy atom. The Bertz CT molecular complexity index is 460. The van der Waals surface area contributed by atoms with Gasteiger partial charge in [-0.1, -0.05) is 13.8 Å². The summed E-state index contributed by atoms with van der Waals surface area (Å²) in [6.07, 6.45) is 2.92. The summed E-state index contributed by atoms with van der Waals surface area (Å²) in [5.41, 5.74) is 0. The third kappa shape index (κ3) is 3.26. The maximum absolute atomic E-state index is 12.1. The minimum atomic E-state index is -3.42. The van der Waals surface area contributed by atoms with Crippen molar-refractivity contribution in [1.82, 2.24) is 9.29 Å². The standard InChI is InChI=1S/C10H15BrN2O2S/c1-8(2)7-13(3)16(14,15)10-4-9(11)5-12-6-10/h4-6,8H,7H2,1-3H3. The van der Waals surface area contributed by atoms with Crippen molar-refractivity contribution in [3.05, 3.63) is 22.9 Å². The fourth-order valence-electron chi connectivity index (χ4n) is 1.33. The fraction of sp³-hybridized carbons (Fsp3) is 0.500. The molecule has 1 heterocycles. The van der Waals surface area contributed by atoms with Gasteiger partial charge in [0.2, 0.25) is 10.0 Å². The van der Waals surface area contributed by atoms with Crippen molar-refractivity contribution >= 4 is 26.0 Å². The van der Waals surface area contributed by atoms with Crippen molar-refractivity contribution in [2.45, 2.75) is 18.7 Å². The molecule has 0 fully saturated rings. The molecule has 1 rings (SSSR count). The van der Waals surface area contributed by atoms with Crippen LogP contribution in [0.2, 0.25) is 0 Å². The van der Waals surface area contributed by atoms with Gasteiger partial charge >= 0.3 is 0 Å². The largest absolute Gasteiger partial charge is 0.262 e. The fourth-order valence-corrected chi connectivity index (χ4v) is 3.17. The van der Waals surface area contributed by atoms with Crippen LogP contribution in [0.1, 0.15) is 13.8 Å². The number of sulfonamides is 1. The van der Waals surface area contributed by atoms with Crippen molar-refractivity contribution in [3.63, 3.8) is 0 Å². The van der Waals surface area contributed by atoms with Gasteiger partial charge in [-0.15, -0.1) is 0 Å². The molecule has 4 nitrogen and oxygen atoms in total. The summed E-state index contributed by atoms with van der Waals surface area (Å²) >= 11 is 3.21. The maximum Gasteiger partial charge on any atom is 0.244 e. The van der Waals surface area contributed by atoms with Gasteiger partial charge in [-0.25, -0.2) is 12.7 Å². The van der Waals surface area contributed by atoms with E-state index in [0.717, 1.165) is 0 Å². The molecule has 1 aromatic heterocycles. The second-order valence-electron chi connectivity index (χ2n) is 4.02. The van der Waals surface area contributed by atoms with Crippen LogP contribution in [0.5, 0.6) is 0 Å². The smallest absolute Gasteiger partial charge is 0.244 e. The second kappa shape index (κ2) is 5.25. The van der Waals surface area contributed by atoms with E-state index in [1.54, 1.807) is 19.3 Å². The first-order valence-corrected chi connectivity index (χ1v) is 7.14. The van der Waals surface area contributed by atoms with Crippen LogP contribution >= 0.6 is 15.9 Å². The number of nitrogens with zero attached hydrogens (tertiary/aromatic N) is 2.